The average Bonchev–Trinajstić information content (AvgIpc) is 2.29. The number of benzene rings is 1. The van der Waals surface area contributed by atoms with Crippen molar-refractivity contribution in [2.24, 2.45) is 5.73 Å². The fourth-order valence-electron chi connectivity index (χ4n) is 1.45. The topological polar surface area (TPSA) is 51.8 Å². The first-order valence-corrected chi connectivity index (χ1v) is 4.87. The van der Waals surface area contributed by atoms with Gasteiger partial charge >= 0.3 is 0 Å². The van der Waals surface area contributed by atoms with Crippen molar-refractivity contribution in [1.29, 1.82) is 0 Å². The highest BCUT2D eigenvalue weighted by Gasteiger charge is 2.00. The molecule has 3 heteroatoms. The van der Waals surface area contributed by atoms with Gasteiger partial charge in [-0.25, -0.2) is 4.98 Å². The Bertz CT molecular complexity index is 466. The van der Waals surface area contributed by atoms with E-state index in [9.17, 15) is 0 Å². The maximum Gasteiger partial charge on any atom is 0.0889 e. The number of hydrogen-bond acceptors (Lipinski definition) is 3. The van der Waals surface area contributed by atoms with Gasteiger partial charge in [-0.05, 0) is 13.0 Å². The maximum atomic E-state index is 5.52. The van der Waals surface area contributed by atoms with E-state index in [4.69, 9.17) is 5.73 Å². The Hall–Kier alpha value is -1.74. The molecule has 0 aliphatic carbocycles. The number of aryl methyl sites for hydroxylation is 1. The zero-order chi connectivity index (χ0) is 10.7. The van der Waals surface area contributed by atoms with Crippen molar-refractivity contribution in [2.75, 3.05) is 0 Å². The molecule has 1 aromatic carbocycles. The Labute approximate surface area is 89.0 Å². The lowest BCUT2D eigenvalue weighted by Crippen LogP contribution is -2.01. The van der Waals surface area contributed by atoms with E-state index in [1.54, 1.807) is 12.4 Å². The Balaban J connectivity index is 2.44. The van der Waals surface area contributed by atoms with Gasteiger partial charge in [-0.2, -0.15) is 0 Å². The van der Waals surface area contributed by atoms with Crippen molar-refractivity contribution in [3.05, 3.63) is 47.9 Å². The minimum absolute atomic E-state index is 0.423. The van der Waals surface area contributed by atoms with Crippen LogP contribution in [0.4, 0.5) is 0 Å². The van der Waals surface area contributed by atoms with Gasteiger partial charge in [0.25, 0.3) is 0 Å². The second kappa shape index (κ2) is 4.19. The minimum atomic E-state index is 0.423. The predicted molar refractivity (Wildman–Crippen MR) is 60.1 cm³/mol. The molecule has 3 nitrogen and oxygen atoms in total. The van der Waals surface area contributed by atoms with E-state index in [2.05, 4.69) is 29.0 Å². The number of nitrogens with two attached hydrogens (primary N) is 1. The lowest BCUT2D eigenvalue weighted by Gasteiger charge is -2.03. The minimum Gasteiger partial charge on any atom is -0.325 e. The van der Waals surface area contributed by atoms with Crippen molar-refractivity contribution in [2.45, 2.75) is 13.5 Å². The van der Waals surface area contributed by atoms with Gasteiger partial charge in [0, 0.05) is 18.3 Å². The largest absolute Gasteiger partial charge is 0.325 e. The summed E-state index contributed by atoms with van der Waals surface area (Å²) in [5.74, 6) is 0. The molecule has 1 heterocycles. The van der Waals surface area contributed by atoms with Gasteiger partial charge < -0.3 is 5.73 Å². The van der Waals surface area contributed by atoms with Gasteiger partial charge in [-0.1, -0.05) is 23.8 Å². The Kier molecular flexibility index (Phi) is 2.74. The Morgan fingerprint density at radius 2 is 2.13 bits per heavy atom. The molecular weight excluding hydrogens is 186 g/mol. The number of aromatic nitrogens is 2. The van der Waals surface area contributed by atoms with Gasteiger partial charge in [0.05, 0.1) is 17.6 Å². The van der Waals surface area contributed by atoms with Crippen LogP contribution >= 0.6 is 0 Å². The normalized spacial score (nSPS) is 10.3. The fourth-order valence-corrected chi connectivity index (χ4v) is 1.45. The summed E-state index contributed by atoms with van der Waals surface area (Å²) < 4.78 is 0. The molecule has 0 aliphatic rings. The number of rotatable bonds is 2. The van der Waals surface area contributed by atoms with E-state index in [0.717, 1.165) is 17.0 Å². The smallest absolute Gasteiger partial charge is 0.0889 e. The van der Waals surface area contributed by atoms with Gasteiger partial charge in [0.1, 0.15) is 0 Å². The van der Waals surface area contributed by atoms with Crippen molar-refractivity contribution in [3.63, 3.8) is 0 Å². The van der Waals surface area contributed by atoms with Crippen LogP contribution in [0, 0.1) is 6.92 Å². The summed E-state index contributed by atoms with van der Waals surface area (Å²) in [6, 6.07) is 8.19. The molecule has 0 saturated carbocycles. The molecule has 0 unspecified atom stereocenters. The zero-order valence-corrected chi connectivity index (χ0v) is 8.64. The van der Waals surface area contributed by atoms with E-state index in [1.807, 2.05) is 12.1 Å². The molecule has 15 heavy (non-hydrogen) atoms. The summed E-state index contributed by atoms with van der Waals surface area (Å²) in [5, 5.41) is 0. The van der Waals surface area contributed by atoms with Crippen LogP contribution in [0.2, 0.25) is 0 Å². The van der Waals surface area contributed by atoms with E-state index < -0.39 is 0 Å². The second-order valence-corrected chi connectivity index (χ2v) is 3.47. The number of hydrogen-bond donors (Lipinski definition) is 1. The summed E-state index contributed by atoms with van der Waals surface area (Å²) in [5.41, 5.74) is 9.51. The molecule has 76 valence electrons. The van der Waals surface area contributed by atoms with Crippen LogP contribution in [0.25, 0.3) is 11.3 Å². The molecular formula is C12H13N3. The molecule has 2 rings (SSSR count). The lowest BCUT2D eigenvalue weighted by molar-refractivity contribution is 0.967. The molecule has 0 radical (unpaired) electrons. The Morgan fingerprint density at radius 3 is 2.87 bits per heavy atom. The molecule has 0 bridgehead atoms. The first kappa shape index (κ1) is 9.80. The highest BCUT2D eigenvalue weighted by molar-refractivity contribution is 5.58. The first-order chi connectivity index (χ1) is 7.29. The van der Waals surface area contributed by atoms with Crippen molar-refractivity contribution in [3.8, 4) is 11.3 Å². The van der Waals surface area contributed by atoms with Gasteiger partial charge in [-0.3, -0.25) is 4.98 Å². The van der Waals surface area contributed by atoms with E-state index >= 15 is 0 Å². The van der Waals surface area contributed by atoms with E-state index in [-0.39, 0.29) is 0 Å². The first-order valence-electron chi connectivity index (χ1n) is 4.87. The van der Waals surface area contributed by atoms with Crippen LogP contribution in [-0.2, 0) is 6.54 Å². The summed E-state index contributed by atoms with van der Waals surface area (Å²) >= 11 is 0. The van der Waals surface area contributed by atoms with Crippen molar-refractivity contribution >= 4 is 0 Å². The van der Waals surface area contributed by atoms with Crippen LogP contribution in [0.5, 0.6) is 0 Å². The zero-order valence-electron chi connectivity index (χ0n) is 8.64. The highest BCUT2D eigenvalue weighted by Crippen LogP contribution is 2.17. The van der Waals surface area contributed by atoms with Crippen LogP contribution < -0.4 is 5.73 Å². The van der Waals surface area contributed by atoms with Crippen LogP contribution in [0.1, 0.15) is 11.3 Å². The highest BCUT2D eigenvalue weighted by atomic mass is 14.8. The molecule has 0 amide bonds. The molecule has 0 atom stereocenters. The predicted octanol–water partition coefficient (Wildman–Crippen LogP) is 1.91. The summed E-state index contributed by atoms with van der Waals surface area (Å²) in [4.78, 5) is 8.53. The van der Waals surface area contributed by atoms with Crippen molar-refractivity contribution < 1.29 is 0 Å². The molecule has 2 aromatic rings. The molecule has 0 saturated heterocycles. The lowest BCUT2D eigenvalue weighted by atomic mass is 10.1. The third kappa shape index (κ3) is 2.19. The Morgan fingerprint density at radius 1 is 1.27 bits per heavy atom. The van der Waals surface area contributed by atoms with Crippen molar-refractivity contribution in [1.82, 2.24) is 9.97 Å². The quantitative estimate of drug-likeness (QED) is 0.803. The molecule has 0 spiro atoms. The summed E-state index contributed by atoms with van der Waals surface area (Å²) in [6.07, 6.45) is 3.45. The fraction of sp³-hybridized carbons (Fsp3) is 0.167. The van der Waals surface area contributed by atoms with Crippen LogP contribution in [0.3, 0.4) is 0 Å². The van der Waals surface area contributed by atoms with Crippen LogP contribution in [0.15, 0.2) is 36.7 Å². The van der Waals surface area contributed by atoms with Gasteiger partial charge in [-0.15, -0.1) is 0 Å². The van der Waals surface area contributed by atoms with E-state index in [1.165, 1.54) is 5.56 Å². The van der Waals surface area contributed by atoms with Gasteiger partial charge in [0.15, 0.2) is 0 Å². The van der Waals surface area contributed by atoms with Gasteiger partial charge in [0.2, 0.25) is 0 Å². The second-order valence-electron chi connectivity index (χ2n) is 3.47. The SMILES string of the molecule is Cc1cccc(-c2cncc(CN)n2)c1. The van der Waals surface area contributed by atoms with E-state index in [0.29, 0.717) is 6.54 Å². The maximum absolute atomic E-state index is 5.52. The summed E-state index contributed by atoms with van der Waals surface area (Å²) in [7, 11) is 0. The molecule has 1 aromatic heterocycles. The standard InChI is InChI=1S/C12H13N3/c1-9-3-2-4-10(5-9)12-8-14-7-11(6-13)15-12/h2-5,7-8H,6,13H2,1H3. The summed E-state index contributed by atoms with van der Waals surface area (Å²) in [6.45, 7) is 2.48. The van der Waals surface area contributed by atoms with Crippen LogP contribution in [-0.4, -0.2) is 9.97 Å². The molecule has 2 N–H and O–H groups in total. The molecule has 0 aliphatic heterocycles. The third-order valence-electron chi connectivity index (χ3n) is 2.21. The third-order valence-corrected chi connectivity index (χ3v) is 2.21. The average molecular weight is 199 g/mol. The molecule has 0 fully saturated rings. The number of nitrogens with zero attached hydrogens (tertiary/aromatic N) is 2. The monoisotopic (exact) mass is 199 g/mol.